The Balaban J connectivity index is 0. The lowest BCUT2D eigenvalue weighted by Gasteiger charge is -2.03. The number of rotatable bonds is 1. The molecule has 5 heteroatoms. The highest BCUT2D eigenvalue weighted by Gasteiger charge is 2.01. The van der Waals surface area contributed by atoms with Gasteiger partial charge in [-0.3, -0.25) is 0 Å². The van der Waals surface area contributed by atoms with Crippen molar-refractivity contribution in [3.63, 3.8) is 0 Å². The van der Waals surface area contributed by atoms with Crippen LogP contribution in [0.3, 0.4) is 0 Å². The second-order valence-corrected chi connectivity index (χ2v) is 5.34. The molecule has 0 saturated heterocycles. The van der Waals surface area contributed by atoms with Gasteiger partial charge in [-0.25, -0.2) is 4.98 Å². The number of carbonyl (C=O) groups is 2. The zero-order chi connectivity index (χ0) is 19.4. The van der Waals surface area contributed by atoms with Crippen molar-refractivity contribution in [2.45, 2.75) is 41.5 Å². The van der Waals surface area contributed by atoms with E-state index in [0.717, 1.165) is 11.3 Å². The van der Waals surface area contributed by atoms with E-state index in [1.54, 1.807) is 0 Å². The second-order valence-electron chi connectivity index (χ2n) is 5.34. The number of fused-ring (bicyclic) bond motifs is 1. The summed E-state index contributed by atoms with van der Waals surface area (Å²) in [6.45, 7) is 13.2. The van der Waals surface area contributed by atoms with Crippen molar-refractivity contribution in [2.24, 2.45) is 0 Å². The maximum atomic E-state index is 9.44. The van der Waals surface area contributed by atoms with Crippen LogP contribution >= 0.6 is 0 Å². The van der Waals surface area contributed by atoms with Gasteiger partial charge in [0.25, 0.3) is 0 Å². The van der Waals surface area contributed by atoms with Crippen molar-refractivity contribution < 1.29 is 15.1 Å². The number of Topliss-reactive ketones (excluding diaryl/α,β-unsaturated/α-hetero) is 1. The van der Waals surface area contributed by atoms with Crippen molar-refractivity contribution >= 4 is 18.2 Å². The molecule has 1 aromatic carbocycles. The van der Waals surface area contributed by atoms with Crippen LogP contribution in [0.25, 0.3) is 16.8 Å². The molecule has 0 aliphatic rings. The summed E-state index contributed by atoms with van der Waals surface area (Å²) < 4.78 is 2.08. The maximum Gasteiger partial charge on any atom is 0.136 e. The van der Waals surface area contributed by atoms with Gasteiger partial charge in [0.1, 0.15) is 18.2 Å². The predicted octanol–water partition coefficient (Wildman–Crippen LogP) is 4.23. The first-order valence-electron chi connectivity index (χ1n) is 8.24. The molecule has 5 nitrogen and oxygen atoms in total. The Morgan fingerprint density at radius 1 is 0.962 bits per heavy atom. The van der Waals surface area contributed by atoms with Gasteiger partial charge in [0.05, 0.1) is 5.69 Å². The lowest BCUT2D eigenvalue weighted by Crippen LogP contribution is -1.85. The van der Waals surface area contributed by atoms with Gasteiger partial charge in [-0.1, -0.05) is 43.7 Å². The topological polar surface area (TPSA) is 82.9 Å². The molecule has 0 radical (unpaired) electrons. The average molecular weight is 358 g/mol. The number of pyridine rings is 1. The molecule has 3 rings (SSSR count). The van der Waals surface area contributed by atoms with E-state index >= 15 is 0 Å². The molecular formula is C21H30N2O3. The van der Waals surface area contributed by atoms with Crippen LogP contribution in [-0.2, 0) is 9.59 Å². The molecule has 0 amide bonds. The molecule has 0 bridgehead atoms. The number of hydrogen-bond donors (Lipinski definition) is 0. The molecule has 2 N–H and O–H groups in total. The van der Waals surface area contributed by atoms with E-state index in [1.807, 2.05) is 27.6 Å². The van der Waals surface area contributed by atoms with Gasteiger partial charge in [-0.05, 0) is 51.0 Å². The quantitative estimate of drug-likeness (QED) is 0.652. The van der Waals surface area contributed by atoms with Crippen LogP contribution in [0.5, 0.6) is 0 Å². The third-order valence-electron chi connectivity index (χ3n) is 2.92. The standard InChI is InChI=1S/C15H14N2.C3H6O.C2H6.CH2O.H2O/c1-11-4-3-5-13(8-11)14-6-7-15-16-12(2)9-17(15)10-14;1-3(2)4;2*1-2;/h3-10H,1-2H3;1-2H3;1-2H3;1H2;1H2. The lowest BCUT2D eigenvalue weighted by molar-refractivity contribution is -0.115. The third kappa shape index (κ3) is 8.35. The highest BCUT2D eigenvalue weighted by molar-refractivity contribution is 5.72. The summed E-state index contributed by atoms with van der Waals surface area (Å²) in [7, 11) is 0. The van der Waals surface area contributed by atoms with E-state index in [-0.39, 0.29) is 11.3 Å². The number of hydrogen-bond acceptors (Lipinski definition) is 3. The van der Waals surface area contributed by atoms with Gasteiger partial charge in [-0.15, -0.1) is 0 Å². The summed E-state index contributed by atoms with van der Waals surface area (Å²) in [6.07, 6.45) is 4.18. The Kier molecular flexibility index (Phi) is 13.2. The number of carbonyl (C=O) groups excluding carboxylic acids is 2. The van der Waals surface area contributed by atoms with E-state index in [0.29, 0.717) is 0 Å². The van der Waals surface area contributed by atoms with Crippen molar-refractivity contribution in [3.05, 3.63) is 60.0 Å². The van der Waals surface area contributed by atoms with Crippen LogP contribution in [-0.4, -0.2) is 27.4 Å². The maximum absolute atomic E-state index is 9.44. The van der Waals surface area contributed by atoms with E-state index in [1.165, 1.54) is 30.5 Å². The highest BCUT2D eigenvalue weighted by Crippen LogP contribution is 2.21. The molecule has 0 spiro atoms. The van der Waals surface area contributed by atoms with Crippen molar-refractivity contribution in [1.82, 2.24) is 9.38 Å². The lowest BCUT2D eigenvalue weighted by atomic mass is 10.1. The van der Waals surface area contributed by atoms with Gasteiger partial charge in [0.2, 0.25) is 0 Å². The van der Waals surface area contributed by atoms with Crippen molar-refractivity contribution in [2.75, 3.05) is 0 Å². The van der Waals surface area contributed by atoms with Crippen LogP contribution in [0, 0.1) is 13.8 Å². The van der Waals surface area contributed by atoms with Crippen LogP contribution in [0.15, 0.2) is 48.8 Å². The summed E-state index contributed by atoms with van der Waals surface area (Å²) in [5.41, 5.74) is 5.80. The van der Waals surface area contributed by atoms with E-state index in [9.17, 15) is 4.79 Å². The number of benzene rings is 1. The average Bonchev–Trinajstić information content (AvgIpc) is 2.97. The fraction of sp³-hybridized carbons (Fsp3) is 0.286. The fourth-order valence-electron chi connectivity index (χ4n) is 2.11. The zero-order valence-electron chi connectivity index (χ0n) is 16.5. The monoisotopic (exact) mass is 358 g/mol. The number of aromatic nitrogens is 2. The molecule has 0 fully saturated rings. The molecule has 0 aliphatic heterocycles. The molecule has 3 aromatic rings. The number of imidazole rings is 1. The first kappa shape index (κ1) is 25.5. The Bertz CT molecular complexity index is 791. The minimum Gasteiger partial charge on any atom is -0.412 e. The Morgan fingerprint density at radius 3 is 2.08 bits per heavy atom. The first-order valence-corrected chi connectivity index (χ1v) is 8.24. The normalized spacial score (nSPS) is 8.54. The number of ketones is 1. The zero-order valence-corrected chi connectivity index (χ0v) is 16.5. The van der Waals surface area contributed by atoms with Gasteiger partial charge >= 0.3 is 0 Å². The summed E-state index contributed by atoms with van der Waals surface area (Å²) in [5, 5.41) is 0. The van der Waals surface area contributed by atoms with E-state index < -0.39 is 0 Å². The molecule has 2 heterocycles. The van der Waals surface area contributed by atoms with Crippen molar-refractivity contribution in [3.8, 4) is 11.1 Å². The number of nitrogens with zero attached hydrogens (tertiary/aromatic N) is 2. The SMILES string of the molecule is C=O.CC.CC(C)=O.Cc1cccc(-c2ccc3nc(C)cn3c2)c1.O. The first-order chi connectivity index (χ1) is 12.0. The minimum absolute atomic E-state index is 0. The fourth-order valence-corrected chi connectivity index (χ4v) is 2.11. The largest absolute Gasteiger partial charge is 0.412 e. The van der Waals surface area contributed by atoms with Crippen LogP contribution in [0.4, 0.5) is 0 Å². The molecule has 0 saturated carbocycles. The van der Waals surface area contributed by atoms with Crippen LogP contribution < -0.4 is 0 Å². The predicted molar refractivity (Wildman–Crippen MR) is 109 cm³/mol. The Labute approximate surface area is 156 Å². The van der Waals surface area contributed by atoms with E-state index in [2.05, 4.69) is 65.1 Å². The molecule has 0 unspecified atom stereocenters. The summed E-state index contributed by atoms with van der Waals surface area (Å²) >= 11 is 0. The Morgan fingerprint density at radius 2 is 1.54 bits per heavy atom. The van der Waals surface area contributed by atoms with Crippen molar-refractivity contribution in [1.29, 1.82) is 0 Å². The summed E-state index contributed by atoms with van der Waals surface area (Å²) in [4.78, 5) is 21.9. The summed E-state index contributed by atoms with van der Waals surface area (Å²) in [5.74, 6) is 0.167. The molecule has 2 aromatic heterocycles. The molecule has 142 valence electrons. The van der Waals surface area contributed by atoms with E-state index in [4.69, 9.17) is 4.79 Å². The van der Waals surface area contributed by atoms with Gasteiger partial charge in [0, 0.05) is 12.4 Å². The smallest absolute Gasteiger partial charge is 0.136 e. The summed E-state index contributed by atoms with van der Waals surface area (Å²) in [6, 6.07) is 12.7. The van der Waals surface area contributed by atoms with Crippen LogP contribution in [0.2, 0.25) is 0 Å². The minimum atomic E-state index is 0. The van der Waals surface area contributed by atoms with Gasteiger partial charge in [-0.2, -0.15) is 0 Å². The number of aryl methyl sites for hydroxylation is 2. The Hall–Kier alpha value is -2.79. The highest BCUT2D eigenvalue weighted by atomic mass is 16.1. The second kappa shape index (κ2) is 13.5. The van der Waals surface area contributed by atoms with Crippen LogP contribution in [0.1, 0.15) is 39.0 Å². The van der Waals surface area contributed by atoms with Gasteiger partial charge in [0.15, 0.2) is 0 Å². The molecule has 0 aliphatic carbocycles. The molecular weight excluding hydrogens is 328 g/mol. The van der Waals surface area contributed by atoms with Gasteiger partial charge < -0.3 is 19.5 Å². The molecule has 0 atom stereocenters. The third-order valence-corrected chi connectivity index (χ3v) is 2.92. The molecule has 26 heavy (non-hydrogen) atoms.